The van der Waals surface area contributed by atoms with Crippen molar-refractivity contribution in [3.05, 3.63) is 35.4 Å². The second-order valence-corrected chi connectivity index (χ2v) is 4.24. The van der Waals surface area contributed by atoms with Crippen LogP contribution in [0.1, 0.15) is 23.5 Å². The smallest absolute Gasteiger partial charge is 0.319 e. The van der Waals surface area contributed by atoms with Gasteiger partial charge in [-0.15, -0.1) is 0 Å². The molecule has 0 saturated heterocycles. The lowest BCUT2D eigenvalue weighted by Crippen LogP contribution is -2.12. The Morgan fingerprint density at radius 2 is 2.00 bits per heavy atom. The van der Waals surface area contributed by atoms with Gasteiger partial charge in [0.05, 0.1) is 5.56 Å². The maximum absolute atomic E-state index is 12.7. The van der Waals surface area contributed by atoms with Crippen LogP contribution in [-0.2, 0) is 6.18 Å². The first kappa shape index (κ1) is 11.5. The van der Waals surface area contributed by atoms with Crippen LogP contribution in [0.5, 0.6) is 0 Å². The molecular formula is C12H14F3N. The first-order valence-electron chi connectivity index (χ1n) is 5.34. The third-order valence-corrected chi connectivity index (χ3v) is 3.05. The predicted octanol–water partition coefficient (Wildman–Crippen LogP) is 3.03. The molecule has 1 fully saturated rings. The largest absolute Gasteiger partial charge is 0.416 e. The van der Waals surface area contributed by atoms with Gasteiger partial charge in [-0.3, -0.25) is 0 Å². The zero-order chi connectivity index (χ0) is 11.8. The molecule has 1 aromatic carbocycles. The average Bonchev–Trinajstić information content (AvgIpc) is 2.97. The fraction of sp³-hybridized carbons (Fsp3) is 0.500. The van der Waals surface area contributed by atoms with Crippen LogP contribution in [0.15, 0.2) is 24.3 Å². The van der Waals surface area contributed by atoms with Crippen molar-refractivity contribution < 1.29 is 13.2 Å². The Labute approximate surface area is 92.7 Å². The van der Waals surface area contributed by atoms with E-state index < -0.39 is 11.7 Å². The van der Waals surface area contributed by atoms with Crippen LogP contribution < -0.4 is 5.32 Å². The number of halogens is 3. The van der Waals surface area contributed by atoms with Gasteiger partial charge >= 0.3 is 6.18 Å². The molecule has 1 aliphatic rings. The fourth-order valence-corrected chi connectivity index (χ4v) is 2.19. The van der Waals surface area contributed by atoms with Crippen molar-refractivity contribution >= 4 is 0 Å². The van der Waals surface area contributed by atoms with Crippen LogP contribution in [0.3, 0.4) is 0 Å². The van der Waals surface area contributed by atoms with Gasteiger partial charge in [0.25, 0.3) is 0 Å². The summed E-state index contributed by atoms with van der Waals surface area (Å²) in [6, 6.07) is 5.90. The third-order valence-electron chi connectivity index (χ3n) is 3.05. The predicted molar refractivity (Wildman–Crippen MR) is 56.2 cm³/mol. The lowest BCUT2D eigenvalue weighted by Gasteiger charge is -2.12. The van der Waals surface area contributed by atoms with Crippen molar-refractivity contribution in [1.82, 2.24) is 5.32 Å². The van der Waals surface area contributed by atoms with Crippen LogP contribution in [0, 0.1) is 5.92 Å². The van der Waals surface area contributed by atoms with E-state index in [2.05, 4.69) is 5.32 Å². The highest BCUT2D eigenvalue weighted by Crippen LogP contribution is 2.50. The SMILES string of the molecule is CNC[C@H]1C[C@H]1c1ccccc1C(F)(F)F. The van der Waals surface area contributed by atoms with Crippen LogP contribution in [-0.4, -0.2) is 13.6 Å². The number of rotatable bonds is 3. The van der Waals surface area contributed by atoms with Gasteiger partial charge in [0.1, 0.15) is 0 Å². The second-order valence-electron chi connectivity index (χ2n) is 4.24. The summed E-state index contributed by atoms with van der Waals surface area (Å²) in [4.78, 5) is 0. The van der Waals surface area contributed by atoms with E-state index in [-0.39, 0.29) is 5.92 Å². The highest BCUT2D eigenvalue weighted by molar-refractivity contribution is 5.36. The van der Waals surface area contributed by atoms with E-state index in [1.54, 1.807) is 12.1 Å². The quantitative estimate of drug-likeness (QED) is 0.840. The van der Waals surface area contributed by atoms with Gasteiger partial charge in [0, 0.05) is 0 Å². The molecule has 0 unspecified atom stereocenters. The monoisotopic (exact) mass is 229 g/mol. The number of alkyl halides is 3. The molecular weight excluding hydrogens is 215 g/mol. The van der Waals surface area contributed by atoms with E-state index in [0.717, 1.165) is 13.0 Å². The Kier molecular flexibility index (Phi) is 2.93. The van der Waals surface area contributed by atoms with Gasteiger partial charge in [-0.2, -0.15) is 13.2 Å². The summed E-state index contributed by atoms with van der Waals surface area (Å²) in [5.74, 6) is 0.429. The molecule has 0 radical (unpaired) electrons. The standard InChI is InChI=1S/C12H14F3N/c1-16-7-8-6-10(8)9-4-2-3-5-11(9)12(13,14)15/h2-5,8,10,16H,6-7H2,1H3/t8-,10-/m1/s1. The summed E-state index contributed by atoms with van der Waals surface area (Å²) in [6.45, 7) is 0.789. The molecule has 16 heavy (non-hydrogen) atoms. The summed E-state index contributed by atoms with van der Waals surface area (Å²) in [6.07, 6.45) is -3.38. The number of hydrogen-bond donors (Lipinski definition) is 1. The topological polar surface area (TPSA) is 12.0 Å². The maximum atomic E-state index is 12.7. The van der Waals surface area contributed by atoms with Crippen molar-refractivity contribution in [2.75, 3.05) is 13.6 Å². The van der Waals surface area contributed by atoms with E-state index in [9.17, 15) is 13.2 Å². The molecule has 1 aromatic rings. The highest BCUT2D eigenvalue weighted by atomic mass is 19.4. The average molecular weight is 229 g/mol. The molecule has 0 aromatic heterocycles. The Bertz CT molecular complexity index is 373. The number of hydrogen-bond acceptors (Lipinski definition) is 1. The van der Waals surface area contributed by atoms with Gasteiger partial charge < -0.3 is 5.32 Å². The van der Waals surface area contributed by atoms with Gasteiger partial charge in [-0.05, 0) is 43.5 Å². The van der Waals surface area contributed by atoms with Crippen molar-refractivity contribution in [3.8, 4) is 0 Å². The maximum Gasteiger partial charge on any atom is 0.416 e. The molecule has 2 atom stereocenters. The zero-order valence-corrected chi connectivity index (χ0v) is 9.01. The van der Waals surface area contributed by atoms with Crippen LogP contribution in [0.4, 0.5) is 13.2 Å². The Morgan fingerprint density at radius 1 is 1.31 bits per heavy atom. The van der Waals surface area contributed by atoms with Gasteiger partial charge in [0.2, 0.25) is 0 Å². The number of benzene rings is 1. The lowest BCUT2D eigenvalue weighted by molar-refractivity contribution is -0.138. The van der Waals surface area contributed by atoms with Gasteiger partial charge in [-0.25, -0.2) is 0 Å². The summed E-state index contributed by atoms with van der Waals surface area (Å²) >= 11 is 0. The van der Waals surface area contributed by atoms with Crippen LogP contribution in [0.2, 0.25) is 0 Å². The van der Waals surface area contributed by atoms with E-state index in [0.29, 0.717) is 11.5 Å². The fourth-order valence-electron chi connectivity index (χ4n) is 2.19. The molecule has 0 bridgehead atoms. The molecule has 0 aliphatic heterocycles. The normalized spacial score (nSPS) is 24.5. The van der Waals surface area contributed by atoms with E-state index in [1.807, 2.05) is 7.05 Å². The molecule has 1 nitrogen and oxygen atoms in total. The molecule has 88 valence electrons. The van der Waals surface area contributed by atoms with E-state index in [4.69, 9.17) is 0 Å². The molecule has 0 heterocycles. The van der Waals surface area contributed by atoms with E-state index in [1.165, 1.54) is 12.1 Å². The van der Waals surface area contributed by atoms with E-state index >= 15 is 0 Å². The lowest BCUT2D eigenvalue weighted by atomic mass is 10.0. The number of nitrogens with one attached hydrogen (secondary N) is 1. The Morgan fingerprint density at radius 3 is 2.62 bits per heavy atom. The van der Waals surface area contributed by atoms with Gasteiger partial charge in [0.15, 0.2) is 0 Å². The first-order chi connectivity index (χ1) is 7.54. The minimum Gasteiger partial charge on any atom is -0.319 e. The van der Waals surface area contributed by atoms with Crippen molar-refractivity contribution in [2.24, 2.45) is 5.92 Å². The van der Waals surface area contributed by atoms with Crippen molar-refractivity contribution in [2.45, 2.75) is 18.5 Å². The van der Waals surface area contributed by atoms with Crippen molar-refractivity contribution in [3.63, 3.8) is 0 Å². The molecule has 1 N–H and O–H groups in total. The molecule has 1 aliphatic carbocycles. The molecule has 2 rings (SSSR count). The highest BCUT2D eigenvalue weighted by Gasteiger charge is 2.43. The summed E-state index contributed by atoms with van der Waals surface area (Å²) in [5, 5.41) is 3.01. The van der Waals surface area contributed by atoms with Crippen molar-refractivity contribution in [1.29, 1.82) is 0 Å². The first-order valence-corrected chi connectivity index (χ1v) is 5.34. The minimum absolute atomic E-state index is 0.0743. The summed E-state index contributed by atoms with van der Waals surface area (Å²) in [7, 11) is 1.82. The van der Waals surface area contributed by atoms with Crippen LogP contribution in [0.25, 0.3) is 0 Å². The van der Waals surface area contributed by atoms with Crippen LogP contribution >= 0.6 is 0 Å². The second kappa shape index (κ2) is 4.09. The zero-order valence-electron chi connectivity index (χ0n) is 9.01. The Balaban J connectivity index is 2.22. The molecule has 0 spiro atoms. The third kappa shape index (κ3) is 2.21. The summed E-state index contributed by atoms with van der Waals surface area (Å²) < 4.78 is 38.2. The minimum atomic E-state index is -4.23. The molecule has 1 saturated carbocycles. The Hall–Kier alpha value is -1.03. The molecule has 0 amide bonds. The summed E-state index contributed by atoms with van der Waals surface area (Å²) in [5.41, 5.74) is -0.0196. The molecule has 4 heteroatoms. The van der Waals surface area contributed by atoms with Gasteiger partial charge in [-0.1, -0.05) is 18.2 Å².